The van der Waals surface area contributed by atoms with Crippen molar-refractivity contribution in [2.24, 2.45) is 5.41 Å². The molecule has 0 aromatic heterocycles. The number of aryl methyl sites for hydroxylation is 1. The zero-order chi connectivity index (χ0) is 14.8. The predicted octanol–water partition coefficient (Wildman–Crippen LogP) is 4.48. The first kappa shape index (κ1) is 14.6. The van der Waals surface area contributed by atoms with E-state index in [9.17, 15) is 9.90 Å². The average molecular weight is 270 g/mol. The van der Waals surface area contributed by atoms with Crippen molar-refractivity contribution in [1.82, 2.24) is 0 Å². The summed E-state index contributed by atoms with van der Waals surface area (Å²) in [6.45, 7) is 6.06. The molecule has 106 valence electrons. The second-order valence-corrected chi connectivity index (χ2v) is 5.95. The summed E-state index contributed by atoms with van der Waals surface area (Å²) in [5.74, 6) is 0.599. The van der Waals surface area contributed by atoms with E-state index in [4.69, 9.17) is 0 Å². The van der Waals surface area contributed by atoms with Gasteiger partial charge in [-0.1, -0.05) is 51.1 Å². The first-order valence-corrected chi connectivity index (χ1v) is 7.18. The van der Waals surface area contributed by atoms with Gasteiger partial charge in [-0.3, -0.25) is 4.79 Å². The third kappa shape index (κ3) is 2.84. The van der Waals surface area contributed by atoms with Gasteiger partial charge in [0.15, 0.2) is 0 Å². The number of ketones is 1. The number of phenols is 1. The molecule has 20 heavy (non-hydrogen) atoms. The summed E-state index contributed by atoms with van der Waals surface area (Å²) in [7, 11) is 0. The highest BCUT2D eigenvalue weighted by molar-refractivity contribution is 5.91. The van der Waals surface area contributed by atoms with Gasteiger partial charge in [0.25, 0.3) is 0 Å². The molecular weight excluding hydrogens is 248 g/mol. The molecule has 2 aromatic rings. The van der Waals surface area contributed by atoms with Gasteiger partial charge in [0.05, 0.1) is 0 Å². The first-order valence-electron chi connectivity index (χ1n) is 7.18. The van der Waals surface area contributed by atoms with E-state index in [-0.39, 0.29) is 5.41 Å². The largest absolute Gasteiger partial charge is 0.507 e. The number of rotatable bonds is 5. The number of Topliss-reactive ketones (excluding diaryl/α,β-unsaturated/α-hetero) is 1. The maximum Gasteiger partial charge on any atom is 0.138 e. The molecule has 0 fully saturated rings. The van der Waals surface area contributed by atoms with E-state index in [0.717, 1.165) is 29.2 Å². The third-order valence-corrected chi connectivity index (χ3v) is 4.25. The molecule has 0 amide bonds. The molecule has 0 aliphatic heterocycles. The van der Waals surface area contributed by atoms with Gasteiger partial charge in [-0.25, -0.2) is 0 Å². The van der Waals surface area contributed by atoms with Crippen LogP contribution in [-0.4, -0.2) is 10.9 Å². The normalized spacial score (nSPS) is 11.8. The highest BCUT2D eigenvalue weighted by atomic mass is 16.3. The van der Waals surface area contributed by atoms with Gasteiger partial charge in [0.1, 0.15) is 11.5 Å². The summed E-state index contributed by atoms with van der Waals surface area (Å²) in [4.78, 5) is 12.2. The number of aromatic hydroxyl groups is 1. The van der Waals surface area contributed by atoms with Gasteiger partial charge in [0, 0.05) is 17.2 Å². The lowest BCUT2D eigenvalue weighted by Crippen LogP contribution is -2.23. The molecule has 0 aliphatic carbocycles. The van der Waals surface area contributed by atoms with Crippen LogP contribution in [0.25, 0.3) is 10.8 Å². The van der Waals surface area contributed by atoms with Gasteiger partial charge in [-0.2, -0.15) is 0 Å². The fraction of sp³-hybridized carbons (Fsp3) is 0.389. The van der Waals surface area contributed by atoms with Crippen molar-refractivity contribution >= 4 is 16.6 Å². The van der Waals surface area contributed by atoms with Crippen molar-refractivity contribution < 1.29 is 9.90 Å². The van der Waals surface area contributed by atoms with Crippen LogP contribution in [0.5, 0.6) is 5.75 Å². The van der Waals surface area contributed by atoms with Crippen molar-refractivity contribution in [2.45, 2.75) is 40.0 Å². The Kier molecular flexibility index (Phi) is 4.12. The third-order valence-electron chi connectivity index (χ3n) is 4.25. The Hall–Kier alpha value is -1.83. The Labute approximate surface area is 120 Å². The minimum Gasteiger partial charge on any atom is -0.507 e. The van der Waals surface area contributed by atoms with Gasteiger partial charge in [-0.05, 0) is 29.9 Å². The molecule has 0 bridgehead atoms. The Morgan fingerprint density at radius 1 is 1.10 bits per heavy atom. The maximum absolute atomic E-state index is 12.2. The number of hydrogen-bond acceptors (Lipinski definition) is 2. The molecular formula is C18H22O2. The molecule has 0 radical (unpaired) electrons. The van der Waals surface area contributed by atoms with E-state index in [1.165, 1.54) is 0 Å². The molecule has 0 saturated heterocycles. The fourth-order valence-corrected chi connectivity index (χ4v) is 2.36. The van der Waals surface area contributed by atoms with Crippen LogP contribution in [0.4, 0.5) is 0 Å². The second kappa shape index (κ2) is 5.66. The zero-order valence-electron chi connectivity index (χ0n) is 12.4. The van der Waals surface area contributed by atoms with E-state index < -0.39 is 0 Å². The highest BCUT2D eigenvalue weighted by Crippen LogP contribution is 2.29. The number of fused-ring (bicyclic) bond motifs is 1. The van der Waals surface area contributed by atoms with E-state index >= 15 is 0 Å². The second-order valence-electron chi connectivity index (χ2n) is 5.95. The van der Waals surface area contributed by atoms with E-state index in [1.807, 2.05) is 51.1 Å². The molecule has 0 heterocycles. The Balaban J connectivity index is 2.23. The highest BCUT2D eigenvalue weighted by Gasteiger charge is 2.24. The standard InChI is InChI=1S/C18H22O2/c1-4-18(2,3)17(20)12-11-13-7-5-9-15-14(13)8-6-10-16(15)19/h5-10,19H,4,11-12H2,1-3H3. The lowest BCUT2D eigenvalue weighted by atomic mass is 9.82. The van der Waals surface area contributed by atoms with E-state index in [1.54, 1.807) is 6.07 Å². The SMILES string of the molecule is CCC(C)(C)C(=O)CCc1cccc2c(O)cccc12. The van der Waals surface area contributed by atoms with Gasteiger partial charge in [0.2, 0.25) is 0 Å². The smallest absolute Gasteiger partial charge is 0.138 e. The fourth-order valence-electron chi connectivity index (χ4n) is 2.36. The lowest BCUT2D eigenvalue weighted by Gasteiger charge is -2.20. The van der Waals surface area contributed by atoms with Crippen molar-refractivity contribution in [3.63, 3.8) is 0 Å². The van der Waals surface area contributed by atoms with Crippen LogP contribution in [0.15, 0.2) is 36.4 Å². The molecule has 2 heteroatoms. The zero-order valence-corrected chi connectivity index (χ0v) is 12.4. The van der Waals surface area contributed by atoms with Crippen LogP contribution in [0.3, 0.4) is 0 Å². The predicted molar refractivity (Wildman–Crippen MR) is 83.0 cm³/mol. The maximum atomic E-state index is 12.2. The van der Waals surface area contributed by atoms with Crippen LogP contribution in [0.1, 0.15) is 39.2 Å². The van der Waals surface area contributed by atoms with E-state index in [0.29, 0.717) is 18.0 Å². The topological polar surface area (TPSA) is 37.3 Å². The number of hydrogen-bond donors (Lipinski definition) is 1. The summed E-state index contributed by atoms with van der Waals surface area (Å²) in [5, 5.41) is 11.8. The molecule has 2 aromatic carbocycles. The average Bonchev–Trinajstić information content (AvgIpc) is 2.45. The van der Waals surface area contributed by atoms with Crippen LogP contribution < -0.4 is 0 Å². The number of carbonyl (C=O) groups is 1. The van der Waals surface area contributed by atoms with Gasteiger partial charge in [-0.15, -0.1) is 0 Å². The lowest BCUT2D eigenvalue weighted by molar-refractivity contribution is -0.127. The molecule has 2 nitrogen and oxygen atoms in total. The summed E-state index contributed by atoms with van der Waals surface area (Å²) >= 11 is 0. The number of benzene rings is 2. The molecule has 2 rings (SSSR count). The minimum absolute atomic E-state index is 0.243. The Bertz CT molecular complexity index is 626. The van der Waals surface area contributed by atoms with Crippen molar-refractivity contribution in [1.29, 1.82) is 0 Å². The summed E-state index contributed by atoms with van der Waals surface area (Å²) in [5.41, 5.74) is 0.880. The monoisotopic (exact) mass is 270 g/mol. The Morgan fingerprint density at radius 3 is 2.45 bits per heavy atom. The number of carbonyl (C=O) groups excluding carboxylic acids is 1. The molecule has 0 atom stereocenters. The van der Waals surface area contributed by atoms with Crippen LogP contribution in [0, 0.1) is 5.41 Å². The summed E-state index contributed by atoms with van der Waals surface area (Å²) < 4.78 is 0. The molecule has 0 aliphatic rings. The van der Waals surface area contributed by atoms with Crippen molar-refractivity contribution in [2.75, 3.05) is 0 Å². The molecule has 1 N–H and O–H groups in total. The number of phenolic OH excluding ortho intramolecular Hbond substituents is 1. The minimum atomic E-state index is -0.243. The van der Waals surface area contributed by atoms with Crippen molar-refractivity contribution in [3.05, 3.63) is 42.0 Å². The summed E-state index contributed by atoms with van der Waals surface area (Å²) in [6, 6.07) is 11.4. The van der Waals surface area contributed by atoms with Crippen LogP contribution in [0.2, 0.25) is 0 Å². The molecule has 0 unspecified atom stereocenters. The molecule has 0 saturated carbocycles. The van der Waals surface area contributed by atoms with Gasteiger partial charge < -0.3 is 5.11 Å². The van der Waals surface area contributed by atoms with E-state index in [2.05, 4.69) is 0 Å². The molecule has 0 spiro atoms. The van der Waals surface area contributed by atoms with Crippen LogP contribution in [-0.2, 0) is 11.2 Å². The first-order chi connectivity index (χ1) is 9.45. The van der Waals surface area contributed by atoms with Gasteiger partial charge >= 0.3 is 0 Å². The van der Waals surface area contributed by atoms with Crippen LogP contribution >= 0.6 is 0 Å². The Morgan fingerprint density at radius 2 is 1.75 bits per heavy atom. The quantitative estimate of drug-likeness (QED) is 0.869. The summed E-state index contributed by atoms with van der Waals surface area (Å²) in [6.07, 6.45) is 2.14. The van der Waals surface area contributed by atoms with Crippen molar-refractivity contribution in [3.8, 4) is 5.75 Å².